The molecule has 1 aliphatic heterocycles. The first-order valence-electron chi connectivity index (χ1n) is 7.74. The summed E-state index contributed by atoms with van der Waals surface area (Å²) in [6, 6.07) is 3.13. The lowest BCUT2D eigenvalue weighted by molar-refractivity contribution is -0.106. The van der Waals surface area contributed by atoms with E-state index in [1.165, 1.54) is 13.3 Å². The minimum Gasteiger partial charge on any atom is -0.481 e. The molecule has 0 amide bonds. The van der Waals surface area contributed by atoms with Crippen molar-refractivity contribution in [3.63, 3.8) is 0 Å². The summed E-state index contributed by atoms with van der Waals surface area (Å²) in [7, 11) is -0.349. The van der Waals surface area contributed by atoms with Gasteiger partial charge in [-0.05, 0) is 23.8 Å². The molecule has 0 radical (unpaired) electrons. The number of hydrogen-bond donors (Lipinski definition) is 0. The fourth-order valence-electron chi connectivity index (χ4n) is 4.53. The fraction of sp³-hybridized carbons (Fsp3) is 0.688. The summed E-state index contributed by atoms with van der Waals surface area (Å²) in [4.78, 5) is 4.23. The normalized spacial score (nSPS) is 29.8. The molecule has 128 valence electrons. The zero-order chi connectivity index (χ0) is 16.9. The first-order valence-corrected chi connectivity index (χ1v) is 9.18. The molecule has 0 aromatic carbocycles. The molecule has 1 saturated carbocycles. The minimum absolute atomic E-state index is 0.0504. The number of nitrogens with zero attached hydrogens (tertiary/aromatic N) is 2. The van der Waals surface area contributed by atoms with Crippen LogP contribution in [0, 0.1) is 16.7 Å². The standard InChI is InChI=1S/C16H24N2O4S/c1-15(2)9-16(11-21-3)10-18(8-13(15)16)23(19,20)12-5-6-14(22-4)17-7-12/h5-7,13H,8-11H2,1-4H3/t13-,16-/m1/s1. The SMILES string of the molecule is COC[C@@]12CN(S(=O)(=O)c3ccc(OC)nc3)C[C@@H]1C(C)(C)C2. The number of sulfonamides is 1. The zero-order valence-corrected chi connectivity index (χ0v) is 14.9. The molecule has 2 heterocycles. The molecule has 1 aromatic heterocycles. The Labute approximate surface area is 137 Å². The molecule has 6 nitrogen and oxygen atoms in total. The minimum atomic E-state index is -3.54. The van der Waals surface area contributed by atoms with Crippen molar-refractivity contribution in [3.05, 3.63) is 18.3 Å². The molecule has 2 fully saturated rings. The highest BCUT2D eigenvalue weighted by Crippen LogP contribution is 2.63. The van der Waals surface area contributed by atoms with Crippen molar-refractivity contribution in [2.24, 2.45) is 16.7 Å². The lowest BCUT2D eigenvalue weighted by atomic mass is 9.48. The Morgan fingerprint density at radius 1 is 1.35 bits per heavy atom. The van der Waals surface area contributed by atoms with Crippen LogP contribution >= 0.6 is 0 Å². The Morgan fingerprint density at radius 2 is 2.09 bits per heavy atom. The predicted molar refractivity (Wildman–Crippen MR) is 85.7 cm³/mol. The van der Waals surface area contributed by atoms with Gasteiger partial charge in [-0.15, -0.1) is 0 Å². The van der Waals surface area contributed by atoms with Crippen LogP contribution in [0.25, 0.3) is 0 Å². The first kappa shape index (κ1) is 16.7. The molecule has 0 unspecified atom stereocenters. The fourth-order valence-corrected chi connectivity index (χ4v) is 6.03. The summed E-state index contributed by atoms with van der Waals surface area (Å²) < 4.78 is 37.8. The average Bonchev–Trinajstić information content (AvgIpc) is 2.83. The number of fused-ring (bicyclic) bond motifs is 1. The molecular weight excluding hydrogens is 316 g/mol. The second kappa shape index (κ2) is 5.43. The van der Waals surface area contributed by atoms with Gasteiger partial charge in [0.05, 0.1) is 19.9 Å². The first-order chi connectivity index (χ1) is 10.7. The summed E-state index contributed by atoms with van der Waals surface area (Å²) in [5.41, 5.74) is 0.103. The summed E-state index contributed by atoms with van der Waals surface area (Å²) in [5, 5.41) is 0. The number of hydrogen-bond acceptors (Lipinski definition) is 5. The van der Waals surface area contributed by atoms with Crippen LogP contribution in [0.4, 0.5) is 0 Å². The highest BCUT2D eigenvalue weighted by atomic mass is 32.2. The van der Waals surface area contributed by atoms with Gasteiger partial charge < -0.3 is 9.47 Å². The van der Waals surface area contributed by atoms with Crippen LogP contribution in [0.2, 0.25) is 0 Å². The van der Waals surface area contributed by atoms with E-state index in [2.05, 4.69) is 18.8 Å². The number of aromatic nitrogens is 1. The van der Waals surface area contributed by atoms with Gasteiger partial charge in [0.15, 0.2) is 0 Å². The number of methoxy groups -OCH3 is 2. The number of pyridine rings is 1. The maximum Gasteiger partial charge on any atom is 0.244 e. The van der Waals surface area contributed by atoms with Crippen molar-refractivity contribution in [2.45, 2.75) is 25.2 Å². The molecule has 7 heteroatoms. The van der Waals surface area contributed by atoms with E-state index in [0.717, 1.165) is 6.42 Å². The molecular formula is C16H24N2O4S. The topological polar surface area (TPSA) is 68.7 Å². The monoisotopic (exact) mass is 340 g/mol. The average molecular weight is 340 g/mol. The second-order valence-corrected chi connectivity index (χ2v) is 9.29. The van der Waals surface area contributed by atoms with Gasteiger partial charge in [0.2, 0.25) is 15.9 Å². The van der Waals surface area contributed by atoms with Gasteiger partial charge in [0, 0.05) is 31.7 Å². The van der Waals surface area contributed by atoms with E-state index in [4.69, 9.17) is 9.47 Å². The molecule has 0 spiro atoms. The highest BCUT2D eigenvalue weighted by molar-refractivity contribution is 7.89. The van der Waals surface area contributed by atoms with Gasteiger partial charge in [-0.25, -0.2) is 13.4 Å². The summed E-state index contributed by atoms with van der Waals surface area (Å²) in [5.74, 6) is 0.735. The molecule has 3 rings (SSSR count). The van der Waals surface area contributed by atoms with Crippen LogP contribution < -0.4 is 4.74 Å². The third-order valence-corrected chi connectivity index (χ3v) is 7.15. The molecule has 0 N–H and O–H groups in total. The third kappa shape index (κ3) is 2.55. The van der Waals surface area contributed by atoms with Gasteiger partial charge in [0.1, 0.15) is 4.90 Å². The van der Waals surface area contributed by atoms with E-state index >= 15 is 0 Å². The Hall–Kier alpha value is -1.18. The van der Waals surface area contributed by atoms with Crippen LogP contribution in [0.1, 0.15) is 20.3 Å². The van der Waals surface area contributed by atoms with E-state index in [-0.39, 0.29) is 15.7 Å². The van der Waals surface area contributed by atoms with Gasteiger partial charge in [0.25, 0.3) is 0 Å². The smallest absolute Gasteiger partial charge is 0.244 e. The van der Waals surface area contributed by atoms with Gasteiger partial charge >= 0.3 is 0 Å². The summed E-state index contributed by atoms with van der Waals surface area (Å²) >= 11 is 0. The Bertz CT molecular complexity index is 687. The van der Waals surface area contributed by atoms with Crippen LogP contribution in [0.5, 0.6) is 5.88 Å². The molecule has 1 saturated heterocycles. The van der Waals surface area contributed by atoms with Gasteiger partial charge in [-0.1, -0.05) is 13.8 Å². The summed E-state index contributed by atoms with van der Waals surface area (Å²) in [6.45, 7) is 6.08. The van der Waals surface area contributed by atoms with Crippen molar-refractivity contribution in [3.8, 4) is 5.88 Å². The van der Waals surface area contributed by atoms with Crippen molar-refractivity contribution >= 4 is 10.0 Å². The van der Waals surface area contributed by atoms with E-state index in [1.807, 2.05) is 0 Å². The van der Waals surface area contributed by atoms with Crippen LogP contribution in [-0.4, -0.2) is 51.6 Å². The zero-order valence-electron chi connectivity index (χ0n) is 14.1. The van der Waals surface area contributed by atoms with E-state index in [1.54, 1.807) is 23.5 Å². The largest absolute Gasteiger partial charge is 0.481 e. The van der Waals surface area contributed by atoms with E-state index in [9.17, 15) is 8.42 Å². The van der Waals surface area contributed by atoms with Gasteiger partial charge in [-0.2, -0.15) is 4.31 Å². The lowest BCUT2D eigenvalue weighted by Crippen LogP contribution is -2.55. The molecule has 1 aromatic rings. The van der Waals surface area contributed by atoms with Crippen molar-refractivity contribution < 1.29 is 17.9 Å². The summed E-state index contributed by atoms with van der Waals surface area (Å²) in [6.07, 6.45) is 2.36. The molecule has 23 heavy (non-hydrogen) atoms. The van der Waals surface area contributed by atoms with Gasteiger partial charge in [-0.3, -0.25) is 0 Å². The second-order valence-electron chi connectivity index (χ2n) is 7.35. The number of ether oxygens (including phenoxy) is 2. The molecule has 0 bridgehead atoms. The molecule has 1 aliphatic carbocycles. The van der Waals surface area contributed by atoms with Crippen LogP contribution in [-0.2, 0) is 14.8 Å². The quantitative estimate of drug-likeness (QED) is 0.817. The maximum absolute atomic E-state index is 12.9. The van der Waals surface area contributed by atoms with Crippen molar-refractivity contribution in [2.75, 3.05) is 33.9 Å². The Kier molecular flexibility index (Phi) is 3.93. The van der Waals surface area contributed by atoms with Crippen molar-refractivity contribution in [1.29, 1.82) is 0 Å². The van der Waals surface area contributed by atoms with Crippen LogP contribution in [0.15, 0.2) is 23.2 Å². The lowest BCUT2D eigenvalue weighted by Gasteiger charge is -2.56. The Balaban J connectivity index is 1.87. The van der Waals surface area contributed by atoms with E-state index in [0.29, 0.717) is 31.5 Å². The Morgan fingerprint density at radius 3 is 2.61 bits per heavy atom. The van der Waals surface area contributed by atoms with E-state index < -0.39 is 10.0 Å². The molecule has 2 atom stereocenters. The number of rotatable bonds is 5. The van der Waals surface area contributed by atoms with Crippen molar-refractivity contribution in [1.82, 2.24) is 9.29 Å². The predicted octanol–water partition coefficient (Wildman–Crippen LogP) is 1.77. The maximum atomic E-state index is 12.9. The molecule has 2 aliphatic rings. The highest BCUT2D eigenvalue weighted by Gasteiger charge is 2.64. The van der Waals surface area contributed by atoms with Crippen LogP contribution in [0.3, 0.4) is 0 Å². The third-order valence-electron chi connectivity index (χ3n) is 5.36.